The minimum Gasteiger partial charge on any atom is -0.488 e. The molecule has 27 heteroatoms. The zero-order valence-electron chi connectivity index (χ0n) is 39.5. The Balaban J connectivity index is 0.0000173. The molecule has 0 spiro atoms. The van der Waals surface area contributed by atoms with Gasteiger partial charge in [0.05, 0.1) is 56.1 Å². The van der Waals surface area contributed by atoms with Crippen LogP contribution in [0, 0.1) is 39.9 Å². The van der Waals surface area contributed by atoms with Crippen LogP contribution in [0.15, 0.2) is 21.7 Å². The van der Waals surface area contributed by atoms with Crippen LogP contribution >= 0.6 is 0 Å². The van der Waals surface area contributed by atoms with E-state index in [2.05, 4.69) is 21.3 Å². The number of carbonyl (C=O) groups excluding carboxylic acids is 3. The first-order chi connectivity index (χ1) is 33.3. The summed E-state index contributed by atoms with van der Waals surface area (Å²) in [5, 5.41) is 98.6. The number of rotatable bonds is 31. The molecule has 6 unspecified atom stereocenters. The van der Waals surface area contributed by atoms with Gasteiger partial charge in [-0.2, -0.15) is 0 Å². The molecule has 0 saturated heterocycles. The first-order valence-corrected chi connectivity index (χ1v) is 23.1. The van der Waals surface area contributed by atoms with Crippen LogP contribution in [0.4, 0.5) is 5.69 Å². The Morgan fingerprint density at radius 3 is 1.38 bits per heavy atom. The summed E-state index contributed by atoms with van der Waals surface area (Å²) < 4.78 is 5.29. The van der Waals surface area contributed by atoms with Gasteiger partial charge in [-0.05, 0) is 56.7 Å². The number of nitrogens with zero attached hydrogens (tertiary/aromatic N) is 4. The molecule has 397 valence electrons. The van der Waals surface area contributed by atoms with Crippen LogP contribution in [0.3, 0.4) is 0 Å². The minimum atomic E-state index is -1.41. The van der Waals surface area contributed by atoms with Crippen molar-refractivity contribution in [3.63, 3.8) is 0 Å². The minimum absolute atomic E-state index is 0. The summed E-state index contributed by atoms with van der Waals surface area (Å²) in [6.45, 7) is -1.80. The van der Waals surface area contributed by atoms with Crippen LogP contribution in [0.2, 0.25) is 0 Å². The Kier molecular flexibility index (Phi) is 28.8. The number of aliphatic carboxylic acids is 3. The van der Waals surface area contributed by atoms with Gasteiger partial charge in [-0.1, -0.05) is 0 Å². The molecule has 6 atom stereocenters. The molecule has 3 amide bonds. The Hall–Kier alpha value is -4.39. The molecule has 0 fully saturated rings. The van der Waals surface area contributed by atoms with Gasteiger partial charge in [0.2, 0.25) is 17.7 Å². The third kappa shape index (κ3) is 21.3. The Bertz CT molecular complexity index is 2030. The molecule has 2 bridgehead atoms. The number of nitrogens with one attached hydrogen (secondary N) is 4. The zero-order chi connectivity index (χ0) is 51.9. The number of hydrogen-bond acceptors (Lipinski definition) is 20. The van der Waals surface area contributed by atoms with Crippen LogP contribution in [-0.4, -0.2) is 216 Å². The number of carboxylic acid groups (broad SMARTS) is 3. The average Bonchev–Trinajstić information content (AvgIpc) is 3.32. The summed E-state index contributed by atoms with van der Waals surface area (Å²) in [6.07, 6.45) is -4.90. The number of carboxylic acids is 3. The smallest absolute Gasteiger partial charge is 0.488 e. The van der Waals surface area contributed by atoms with Crippen LogP contribution < -0.4 is 36.9 Å². The number of fused-ring (bicyclic) bond motifs is 2. The molecule has 1 aliphatic rings. The van der Waals surface area contributed by atoms with Crippen LogP contribution in [0.1, 0.15) is 68.8 Å². The van der Waals surface area contributed by atoms with Gasteiger partial charge >= 0.3 is 57.8 Å². The Morgan fingerprint density at radius 1 is 0.634 bits per heavy atom. The third-order valence-electron chi connectivity index (χ3n) is 11.5. The SMILES string of the molecule is CCOc1c(NCCCc2cc3nc(c2)CN(C(CCC(=O)NCC(O)CO)C(=O)O)CCN(C(CCC(=O)NCC(O)CO)C(=O)O)CCN(C(CCC(=O)NCC(O)CO)C(=O)O)C3)c(=O)c1=O.[Gd+3]. The molecular formula is C44H68GdN8O18+3. The van der Waals surface area contributed by atoms with E-state index in [9.17, 15) is 69.0 Å². The summed E-state index contributed by atoms with van der Waals surface area (Å²) in [7, 11) is 0. The number of ether oxygens (including phenoxy) is 1. The summed E-state index contributed by atoms with van der Waals surface area (Å²) in [5.41, 5.74) is -0.124. The maximum absolute atomic E-state index is 13.0. The van der Waals surface area contributed by atoms with Crippen molar-refractivity contribution in [2.45, 2.75) is 108 Å². The fraction of sp³-hybridized carbons (Fsp3) is 0.659. The van der Waals surface area contributed by atoms with Gasteiger partial charge in [-0.25, -0.2) is 0 Å². The molecule has 0 saturated carbocycles. The van der Waals surface area contributed by atoms with Gasteiger partial charge in [0.15, 0.2) is 5.75 Å². The van der Waals surface area contributed by atoms with E-state index < -0.39 is 103 Å². The van der Waals surface area contributed by atoms with Crippen molar-refractivity contribution in [3.05, 3.63) is 49.5 Å². The fourth-order valence-electron chi connectivity index (χ4n) is 7.73. The molecule has 26 nitrogen and oxygen atoms in total. The van der Waals surface area contributed by atoms with E-state index in [-0.39, 0.29) is 162 Å². The van der Waals surface area contributed by atoms with Gasteiger partial charge in [0, 0.05) is 84.7 Å². The number of amides is 3. The number of aromatic nitrogens is 1. The molecule has 1 aliphatic heterocycles. The Morgan fingerprint density at radius 2 is 1.01 bits per heavy atom. The first kappa shape index (κ1) is 62.7. The van der Waals surface area contributed by atoms with E-state index in [1.54, 1.807) is 19.1 Å². The summed E-state index contributed by atoms with van der Waals surface area (Å²) in [4.78, 5) is 111. The molecule has 1 aromatic carbocycles. The second kappa shape index (κ2) is 32.6. The zero-order valence-corrected chi connectivity index (χ0v) is 41.8. The van der Waals surface area contributed by atoms with Crippen molar-refractivity contribution in [1.29, 1.82) is 0 Å². The molecule has 0 aliphatic carbocycles. The predicted molar refractivity (Wildman–Crippen MR) is 246 cm³/mol. The van der Waals surface area contributed by atoms with Crippen LogP contribution in [0.5, 0.6) is 5.75 Å². The van der Waals surface area contributed by atoms with E-state index >= 15 is 0 Å². The molecule has 2 aromatic rings. The molecule has 1 aromatic heterocycles. The van der Waals surface area contributed by atoms with Gasteiger partial charge in [0.25, 0.3) is 10.9 Å². The molecule has 71 heavy (non-hydrogen) atoms. The molecule has 3 rings (SSSR count). The first-order valence-electron chi connectivity index (χ1n) is 23.1. The van der Waals surface area contributed by atoms with Gasteiger partial charge in [0.1, 0.15) is 23.8 Å². The van der Waals surface area contributed by atoms with Gasteiger partial charge in [-0.3, -0.25) is 58.0 Å². The maximum atomic E-state index is 13.0. The van der Waals surface area contributed by atoms with Crippen LogP contribution in [0.25, 0.3) is 0 Å². The largest absolute Gasteiger partial charge is 3.00 e. The third-order valence-corrected chi connectivity index (χ3v) is 11.5. The normalized spacial score (nSPS) is 16.4. The summed E-state index contributed by atoms with van der Waals surface area (Å²) in [6, 6.07) is -0.778. The van der Waals surface area contributed by atoms with Crippen molar-refractivity contribution in [2.75, 3.05) is 84.1 Å². The molecule has 1 radical (unpaired) electrons. The summed E-state index contributed by atoms with van der Waals surface area (Å²) >= 11 is 0. The van der Waals surface area contributed by atoms with E-state index in [1.165, 1.54) is 14.7 Å². The van der Waals surface area contributed by atoms with Crippen molar-refractivity contribution >= 4 is 41.3 Å². The van der Waals surface area contributed by atoms with Crippen molar-refractivity contribution < 1.29 is 119 Å². The second-order valence-corrected chi connectivity index (χ2v) is 16.9. The van der Waals surface area contributed by atoms with E-state index in [0.717, 1.165) is 0 Å². The van der Waals surface area contributed by atoms with Crippen LogP contribution in [-0.2, 0) is 48.3 Å². The van der Waals surface area contributed by atoms with Gasteiger partial charge < -0.3 is 72.0 Å². The number of aryl methyl sites for hydroxylation is 1. The van der Waals surface area contributed by atoms with Gasteiger partial charge in [-0.15, -0.1) is 0 Å². The average molecular weight is 1150 g/mol. The molecule has 2 heterocycles. The van der Waals surface area contributed by atoms with E-state index in [1.807, 2.05) is 0 Å². The number of pyridine rings is 1. The number of anilines is 1. The monoisotopic (exact) mass is 1150 g/mol. The summed E-state index contributed by atoms with van der Waals surface area (Å²) in [5.74, 6) is -5.98. The van der Waals surface area contributed by atoms with E-state index in [4.69, 9.17) is 25.0 Å². The molecular weight excluding hydrogens is 1090 g/mol. The number of aliphatic hydroxyl groups excluding tert-OH is 6. The molecule has 13 N–H and O–H groups in total. The standard InChI is InChI=1S/C44H68N8O18.Gd/c1-2-70-41-38(39(62)40(41)63)45-11-3-4-26-16-27-21-51(33(43(66)67)6-9-36(60)47-19-30(57)24-54)14-12-50(32(42(64)65)5-8-35(59)46-18-29(56)23-53)13-15-52(22-28(17-26)49-27)34(44(68)69)7-10-37(61)48-20-31(58)25-55;/h16-17,29-34,45,53-58H,2-15,18-25H2,1H3,(H,46,59)(H,47,60)(H,48,61)(H,64,65)(H,66,67)(H,68,69);/q;+3. The van der Waals surface area contributed by atoms with Crippen molar-refractivity contribution in [2.24, 2.45) is 0 Å². The second-order valence-electron chi connectivity index (χ2n) is 16.9. The Labute approximate surface area is 441 Å². The number of carbonyl (C=O) groups is 6. The van der Waals surface area contributed by atoms with Crippen molar-refractivity contribution in [3.8, 4) is 5.75 Å². The van der Waals surface area contributed by atoms with E-state index in [0.29, 0.717) is 29.8 Å². The maximum Gasteiger partial charge on any atom is 3.00 e. The number of aliphatic hydroxyl groups is 6. The quantitative estimate of drug-likeness (QED) is 0.0249. The fourth-order valence-corrected chi connectivity index (χ4v) is 7.73. The number of hydrogen-bond donors (Lipinski definition) is 13. The predicted octanol–water partition coefficient (Wildman–Crippen LogP) is -4.85. The van der Waals surface area contributed by atoms with Crippen molar-refractivity contribution in [1.82, 2.24) is 35.6 Å². The topological polar surface area (TPSA) is 399 Å².